The van der Waals surface area contributed by atoms with Crippen LogP contribution in [-0.2, 0) is 14.9 Å². The monoisotopic (exact) mass is 326 g/mol. The first-order valence-electron chi connectivity index (χ1n) is 7.83. The second-order valence-corrected chi connectivity index (χ2v) is 5.67. The molecule has 5 heteroatoms. The fraction of sp³-hybridized carbons (Fsp3) is 0.588. The molecule has 0 aromatic heterocycles. The average Bonchev–Trinajstić information content (AvgIpc) is 2.52. The van der Waals surface area contributed by atoms with Crippen molar-refractivity contribution in [1.82, 2.24) is 10.6 Å². The van der Waals surface area contributed by atoms with Gasteiger partial charge in [-0.2, -0.15) is 0 Å². The molecule has 2 rings (SSSR count). The lowest BCUT2D eigenvalue weighted by Crippen LogP contribution is -2.49. The Morgan fingerprint density at radius 3 is 2.41 bits per heavy atom. The first-order valence-corrected chi connectivity index (χ1v) is 7.83. The number of amides is 1. The molecule has 1 amide bonds. The topological polar surface area (TPSA) is 50.4 Å². The van der Waals surface area contributed by atoms with Gasteiger partial charge in [-0.1, -0.05) is 36.8 Å². The fourth-order valence-electron chi connectivity index (χ4n) is 2.85. The standard InChI is InChI=1S/C17H26N2O2.ClH/c1-3-18-10-11-19-16(20)17(8-12-21-13-9-17)15-6-4-14(2)5-7-15;/h4-7,18H,3,8-13H2,1-2H3,(H,19,20);1H. The molecule has 0 bridgehead atoms. The van der Waals surface area contributed by atoms with E-state index in [1.165, 1.54) is 5.56 Å². The Labute approximate surface area is 139 Å². The normalized spacial score (nSPS) is 16.6. The minimum atomic E-state index is -0.432. The summed E-state index contributed by atoms with van der Waals surface area (Å²) in [6, 6.07) is 8.34. The SMILES string of the molecule is CCNCCNC(=O)C1(c2ccc(C)cc2)CCOCC1.Cl. The number of hydrogen-bond donors (Lipinski definition) is 2. The molecule has 0 radical (unpaired) electrons. The molecule has 1 aromatic carbocycles. The van der Waals surface area contributed by atoms with E-state index in [1.807, 2.05) is 0 Å². The van der Waals surface area contributed by atoms with Crippen LogP contribution in [0.1, 0.15) is 30.9 Å². The van der Waals surface area contributed by atoms with Crippen molar-refractivity contribution in [3.05, 3.63) is 35.4 Å². The van der Waals surface area contributed by atoms with E-state index in [-0.39, 0.29) is 18.3 Å². The van der Waals surface area contributed by atoms with E-state index in [1.54, 1.807) is 0 Å². The minimum Gasteiger partial charge on any atom is -0.381 e. The van der Waals surface area contributed by atoms with E-state index in [0.29, 0.717) is 19.8 Å². The van der Waals surface area contributed by atoms with Crippen molar-refractivity contribution in [2.75, 3.05) is 32.8 Å². The third-order valence-corrected chi connectivity index (χ3v) is 4.22. The van der Waals surface area contributed by atoms with Crippen LogP contribution in [0, 0.1) is 6.92 Å². The highest BCUT2D eigenvalue weighted by molar-refractivity contribution is 5.88. The van der Waals surface area contributed by atoms with Crippen LogP contribution in [0.5, 0.6) is 0 Å². The number of aryl methyl sites for hydroxylation is 1. The van der Waals surface area contributed by atoms with Gasteiger partial charge in [0.1, 0.15) is 0 Å². The molecule has 0 saturated carbocycles. The zero-order valence-electron chi connectivity index (χ0n) is 13.5. The highest BCUT2D eigenvalue weighted by atomic mass is 35.5. The van der Waals surface area contributed by atoms with Crippen LogP contribution in [0.4, 0.5) is 0 Å². The molecule has 1 heterocycles. The fourth-order valence-corrected chi connectivity index (χ4v) is 2.85. The highest BCUT2D eigenvalue weighted by Gasteiger charge is 2.41. The first kappa shape index (κ1) is 18.9. The van der Waals surface area contributed by atoms with Gasteiger partial charge in [0.05, 0.1) is 5.41 Å². The van der Waals surface area contributed by atoms with Crippen molar-refractivity contribution < 1.29 is 9.53 Å². The number of carbonyl (C=O) groups is 1. The van der Waals surface area contributed by atoms with E-state index < -0.39 is 5.41 Å². The van der Waals surface area contributed by atoms with Gasteiger partial charge >= 0.3 is 0 Å². The van der Waals surface area contributed by atoms with E-state index in [9.17, 15) is 4.79 Å². The summed E-state index contributed by atoms with van der Waals surface area (Å²) in [5.74, 6) is 0.132. The van der Waals surface area contributed by atoms with E-state index in [0.717, 1.165) is 31.5 Å². The Hall–Kier alpha value is -1.10. The van der Waals surface area contributed by atoms with Gasteiger partial charge in [0.15, 0.2) is 0 Å². The number of halogens is 1. The molecule has 1 saturated heterocycles. The van der Waals surface area contributed by atoms with Crippen LogP contribution in [0.15, 0.2) is 24.3 Å². The van der Waals surface area contributed by atoms with Gasteiger partial charge < -0.3 is 15.4 Å². The number of carbonyl (C=O) groups excluding carboxylic acids is 1. The number of benzene rings is 1. The third kappa shape index (κ3) is 4.45. The Balaban J connectivity index is 0.00000242. The van der Waals surface area contributed by atoms with Gasteiger partial charge in [-0.05, 0) is 31.9 Å². The summed E-state index contributed by atoms with van der Waals surface area (Å²) < 4.78 is 5.47. The molecule has 22 heavy (non-hydrogen) atoms. The number of hydrogen-bond acceptors (Lipinski definition) is 3. The van der Waals surface area contributed by atoms with Crippen molar-refractivity contribution >= 4 is 18.3 Å². The van der Waals surface area contributed by atoms with Gasteiger partial charge in [0, 0.05) is 26.3 Å². The second-order valence-electron chi connectivity index (χ2n) is 5.67. The van der Waals surface area contributed by atoms with Gasteiger partial charge in [-0.3, -0.25) is 4.79 Å². The predicted octanol–water partition coefficient (Wildman–Crippen LogP) is 2.19. The highest BCUT2D eigenvalue weighted by Crippen LogP contribution is 2.35. The van der Waals surface area contributed by atoms with Crippen molar-refractivity contribution in [3.8, 4) is 0 Å². The van der Waals surface area contributed by atoms with Crippen molar-refractivity contribution in [1.29, 1.82) is 0 Å². The van der Waals surface area contributed by atoms with Gasteiger partial charge in [-0.15, -0.1) is 12.4 Å². The number of ether oxygens (including phenoxy) is 1. The Kier molecular flexibility index (Phi) is 7.87. The van der Waals surface area contributed by atoms with Crippen LogP contribution in [0.3, 0.4) is 0 Å². The van der Waals surface area contributed by atoms with E-state index >= 15 is 0 Å². The quantitative estimate of drug-likeness (QED) is 0.788. The Morgan fingerprint density at radius 2 is 1.82 bits per heavy atom. The summed E-state index contributed by atoms with van der Waals surface area (Å²) in [7, 11) is 0. The lowest BCUT2D eigenvalue weighted by Gasteiger charge is -2.36. The summed E-state index contributed by atoms with van der Waals surface area (Å²) in [6.07, 6.45) is 1.51. The Morgan fingerprint density at radius 1 is 1.18 bits per heavy atom. The van der Waals surface area contributed by atoms with Crippen LogP contribution in [-0.4, -0.2) is 38.8 Å². The second kappa shape index (κ2) is 9.13. The molecule has 1 fully saturated rings. The van der Waals surface area contributed by atoms with Crippen LogP contribution >= 0.6 is 12.4 Å². The van der Waals surface area contributed by atoms with Crippen molar-refractivity contribution in [2.45, 2.75) is 32.1 Å². The lowest BCUT2D eigenvalue weighted by atomic mass is 9.73. The molecule has 0 unspecified atom stereocenters. The first-order chi connectivity index (χ1) is 10.2. The van der Waals surface area contributed by atoms with Crippen molar-refractivity contribution in [2.24, 2.45) is 0 Å². The summed E-state index contributed by atoms with van der Waals surface area (Å²) in [6.45, 7) is 7.82. The predicted molar refractivity (Wildman–Crippen MR) is 91.7 cm³/mol. The van der Waals surface area contributed by atoms with Gasteiger partial charge in [0.2, 0.25) is 5.91 Å². The number of nitrogens with one attached hydrogen (secondary N) is 2. The maximum atomic E-state index is 12.8. The molecular formula is C17H27ClN2O2. The molecule has 1 aliphatic heterocycles. The summed E-state index contributed by atoms with van der Waals surface area (Å²) in [4.78, 5) is 12.8. The van der Waals surface area contributed by atoms with Gasteiger partial charge in [-0.25, -0.2) is 0 Å². The lowest BCUT2D eigenvalue weighted by molar-refractivity contribution is -0.130. The molecule has 0 aliphatic carbocycles. The van der Waals surface area contributed by atoms with Crippen LogP contribution in [0.25, 0.3) is 0 Å². The summed E-state index contributed by atoms with van der Waals surface area (Å²) in [5.41, 5.74) is 1.89. The Bertz CT molecular complexity index is 456. The third-order valence-electron chi connectivity index (χ3n) is 4.22. The molecule has 0 atom stereocenters. The summed E-state index contributed by atoms with van der Waals surface area (Å²) in [5, 5.41) is 6.31. The molecule has 124 valence electrons. The molecule has 4 nitrogen and oxygen atoms in total. The molecule has 2 N–H and O–H groups in total. The van der Waals surface area contributed by atoms with E-state index in [2.05, 4.69) is 48.7 Å². The summed E-state index contributed by atoms with van der Waals surface area (Å²) >= 11 is 0. The van der Waals surface area contributed by atoms with Crippen LogP contribution in [0.2, 0.25) is 0 Å². The average molecular weight is 327 g/mol. The number of likely N-dealkylation sites (N-methyl/N-ethyl adjacent to an activating group) is 1. The van der Waals surface area contributed by atoms with E-state index in [4.69, 9.17) is 4.74 Å². The molecular weight excluding hydrogens is 300 g/mol. The maximum Gasteiger partial charge on any atom is 0.230 e. The largest absolute Gasteiger partial charge is 0.381 e. The smallest absolute Gasteiger partial charge is 0.230 e. The molecule has 0 spiro atoms. The molecule has 1 aliphatic rings. The zero-order chi connectivity index (χ0) is 15.1. The molecule has 1 aromatic rings. The number of rotatable bonds is 6. The van der Waals surface area contributed by atoms with Gasteiger partial charge in [0.25, 0.3) is 0 Å². The van der Waals surface area contributed by atoms with Crippen molar-refractivity contribution in [3.63, 3.8) is 0 Å². The van der Waals surface area contributed by atoms with Crippen LogP contribution < -0.4 is 10.6 Å². The maximum absolute atomic E-state index is 12.8. The zero-order valence-corrected chi connectivity index (χ0v) is 14.3. The minimum absolute atomic E-state index is 0.